The van der Waals surface area contributed by atoms with Crippen LogP contribution in [0.25, 0.3) is 0 Å². The van der Waals surface area contributed by atoms with Gasteiger partial charge in [-0.3, -0.25) is 0 Å². The molecule has 0 aliphatic rings. The summed E-state index contributed by atoms with van der Waals surface area (Å²) in [6, 6.07) is 0. The molecule has 0 heterocycles. The van der Waals surface area contributed by atoms with E-state index in [1.165, 1.54) is 0 Å². The maximum Gasteiger partial charge on any atom is 0 e. The molecule has 0 unspecified atom stereocenters. The summed E-state index contributed by atoms with van der Waals surface area (Å²) >= 11 is 0. The summed E-state index contributed by atoms with van der Waals surface area (Å²) in [4.78, 5) is 8.00. The van der Waals surface area contributed by atoms with Crippen molar-refractivity contribution in [3.63, 3.8) is 0 Å². The fourth-order valence-electron chi connectivity index (χ4n) is 0. The Bertz CT molecular complexity index is 20.0. The van der Waals surface area contributed by atoms with E-state index in [1.807, 2.05) is 6.79 Å². The summed E-state index contributed by atoms with van der Waals surface area (Å²) in [5.74, 6) is 0. The monoisotopic (exact) mass is 76.1 g/mol. The molecule has 0 aliphatic heterocycles. The molecule has 5 heavy (non-hydrogen) atoms. The van der Waals surface area contributed by atoms with Crippen molar-refractivity contribution in [2.75, 3.05) is 0 Å². The molecule has 2 heteroatoms. The van der Waals surface area contributed by atoms with Crippen molar-refractivity contribution in [3.05, 3.63) is 6.65 Å². The Kier molecular flexibility index (Phi) is 294. The van der Waals surface area contributed by atoms with Crippen molar-refractivity contribution in [3.8, 4) is 0 Å². The molecule has 0 saturated heterocycles. The minimum absolute atomic E-state index is 0. The van der Waals surface area contributed by atoms with Crippen molar-refractivity contribution >= 4 is 6.79 Å². The van der Waals surface area contributed by atoms with Crippen molar-refractivity contribution in [1.29, 1.82) is 0 Å². The Morgan fingerprint density at radius 3 is 1.60 bits per heavy atom. The van der Waals surface area contributed by atoms with Gasteiger partial charge in [-0.15, -0.1) is 0 Å². The van der Waals surface area contributed by atoms with E-state index in [2.05, 4.69) is 6.65 Å². The molecule has 0 spiro atoms. The van der Waals surface area contributed by atoms with Crippen LogP contribution in [-0.4, -0.2) is 6.79 Å². The van der Waals surface area contributed by atoms with Crippen molar-refractivity contribution < 1.29 is 10.9 Å². The number of hydrogen-bond acceptors (Lipinski definition) is 1. The summed E-state index contributed by atoms with van der Waals surface area (Å²) in [5.41, 5.74) is 0. The smallest absolute Gasteiger partial charge is 0 e. The standard InChI is InChI=1S/CH2O.CO.CH4.H2/c2*1-2;;/h1H2;;1H4;1H. The van der Waals surface area contributed by atoms with Crippen LogP contribution in [0.15, 0.2) is 0 Å². The zero-order chi connectivity index (χ0) is 4.00. The Balaban J connectivity index is -0.00000000500. The third-order valence-corrected chi connectivity index (χ3v) is 0. The van der Waals surface area contributed by atoms with Crippen LogP contribution in [0.1, 0.15) is 8.85 Å². The summed E-state index contributed by atoms with van der Waals surface area (Å²) in [6.45, 7) is 6.50. The van der Waals surface area contributed by atoms with Crippen LogP contribution in [-0.2, 0) is 9.45 Å². The molecule has 0 fully saturated rings. The fourth-order valence-corrected chi connectivity index (χ4v) is 0. The van der Waals surface area contributed by atoms with Crippen LogP contribution in [0.3, 0.4) is 0 Å². The molecule has 0 aliphatic carbocycles. The first kappa shape index (κ1) is 25.8. The molecule has 0 aromatic rings. The predicted molar refractivity (Wildman–Crippen MR) is 19.9 cm³/mol. The second-order valence-electron chi connectivity index (χ2n) is 0. The van der Waals surface area contributed by atoms with Crippen LogP contribution in [0.4, 0.5) is 0 Å². The molecule has 0 N–H and O–H groups in total. The Hall–Kier alpha value is -0.590. The molecular formula is C3H8O2. The number of hydrogen-bond donors (Lipinski definition) is 0. The molecule has 0 rings (SSSR count). The van der Waals surface area contributed by atoms with Crippen LogP contribution < -0.4 is 0 Å². The summed E-state index contributed by atoms with van der Waals surface area (Å²) < 4.78 is 7.50. The SMILES string of the molecule is C.C=O.[C-]#[O+].[HH]. The van der Waals surface area contributed by atoms with Crippen LogP contribution in [0.2, 0.25) is 0 Å². The minimum atomic E-state index is 0. The van der Waals surface area contributed by atoms with Crippen LogP contribution in [0, 0.1) is 6.65 Å². The van der Waals surface area contributed by atoms with Gasteiger partial charge < -0.3 is 4.79 Å². The van der Waals surface area contributed by atoms with E-state index in [-0.39, 0.29) is 8.85 Å². The van der Waals surface area contributed by atoms with Gasteiger partial charge in [0.1, 0.15) is 6.79 Å². The molecule has 0 saturated carbocycles. The maximum absolute atomic E-state index is 8.00. The topological polar surface area (TPSA) is 37.0 Å². The molecule has 0 bridgehead atoms. The van der Waals surface area contributed by atoms with Crippen molar-refractivity contribution in [2.45, 2.75) is 7.43 Å². The summed E-state index contributed by atoms with van der Waals surface area (Å²) in [7, 11) is 0. The van der Waals surface area contributed by atoms with Crippen LogP contribution >= 0.6 is 0 Å². The molecule has 0 amide bonds. The zero-order valence-corrected chi connectivity index (χ0v) is 2.02. The Labute approximate surface area is 33.0 Å². The molecule has 32 valence electrons. The third-order valence-electron chi connectivity index (χ3n) is 0. The number of rotatable bonds is 0. The number of carbonyl (C=O) groups is 1. The number of carbonyl (C=O) groups excluding carboxylic acids is 1. The van der Waals surface area contributed by atoms with E-state index in [9.17, 15) is 0 Å². The van der Waals surface area contributed by atoms with E-state index in [0.717, 1.165) is 0 Å². The quantitative estimate of drug-likeness (QED) is 0.308. The summed E-state index contributed by atoms with van der Waals surface area (Å²) in [6.07, 6.45) is 0. The second kappa shape index (κ2) is 56.9. The van der Waals surface area contributed by atoms with Crippen molar-refractivity contribution in [2.24, 2.45) is 0 Å². The fraction of sp³-hybridized carbons (Fsp3) is 0.333. The average Bonchev–Trinajstić information content (AvgIpc) is 1.50. The van der Waals surface area contributed by atoms with Gasteiger partial charge in [-0.25, -0.2) is 0 Å². The third kappa shape index (κ3) is 19.5. The first-order valence-corrected chi connectivity index (χ1v) is 0.493. The first-order valence-electron chi connectivity index (χ1n) is 0.493. The average molecular weight is 76.1 g/mol. The molecule has 0 aromatic heterocycles. The van der Waals surface area contributed by atoms with E-state index < -0.39 is 0 Å². The Morgan fingerprint density at radius 1 is 1.60 bits per heavy atom. The molecule has 2 nitrogen and oxygen atoms in total. The van der Waals surface area contributed by atoms with E-state index in [1.54, 1.807) is 0 Å². The van der Waals surface area contributed by atoms with Gasteiger partial charge in [-0.2, -0.15) is 0 Å². The first-order chi connectivity index (χ1) is 2.00. The largest absolute Gasteiger partial charge is 0 e. The molecule has 0 aromatic carbocycles. The van der Waals surface area contributed by atoms with Gasteiger partial charge in [0.25, 0.3) is 0 Å². The van der Waals surface area contributed by atoms with E-state index >= 15 is 0 Å². The van der Waals surface area contributed by atoms with E-state index in [4.69, 9.17) is 9.45 Å². The summed E-state index contributed by atoms with van der Waals surface area (Å²) in [5, 5.41) is 0. The molecular weight excluding hydrogens is 68.0 g/mol. The Morgan fingerprint density at radius 2 is 1.60 bits per heavy atom. The van der Waals surface area contributed by atoms with Gasteiger partial charge in [0.2, 0.25) is 0 Å². The minimum Gasteiger partial charge on any atom is 0 e. The second-order valence-corrected chi connectivity index (χ2v) is 0. The van der Waals surface area contributed by atoms with Gasteiger partial charge in [0.15, 0.2) is 0 Å². The van der Waals surface area contributed by atoms with E-state index in [0.29, 0.717) is 0 Å². The van der Waals surface area contributed by atoms with Gasteiger partial charge in [-0.1, -0.05) is 7.43 Å². The molecule has 0 atom stereocenters. The van der Waals surface area contributed by atoms with Gasteiger partial charge in [0.05, 0.1) is 0 Å². The van der Waals surface area contributed by atoms with Crippen molar-refractivity contribution in [1.82, 2.24) is 0 Å². The predicted octanol–water partition coefficient (Wildman–Crippen LogP) is 0.660. The van der Waals surface area contributed by atoms with Crippen LogP contribution in [0.5, 0.6) is 0 Å². The van der Waals surface area contributed by atoms with Gasteiger partial charge in [-0.05, 0) is 0 Å². The normalized spacial score (nSPS) is 1.20. The maximum atomic E-state index is 8.00. The van der Waals surface area contributed by atoms with Gasteiger partial charge in [0, 0.05) is 1.43 Å². The van der Waals surface area contributed by atoms with Gasteiger partial charge >= 0.3 is 11.3 Å². The molecule has 0 radical (unpaired) electrons. The zero-order valence-electron chi connectivity index (χ0n) is 2.02.